The quantitative estimate of drug-likeness (QED) is 0.794. The Morgan fingerprint density at radius 2 is 2.05 bits per heavy atom. The lowest BCUT2D eigenvalue weighted by atomic mass is 10.1. The second kappa shape index (κ2) is 5.67. The van der Waals surface area contributed by atoms with E-state index in [0.717, 1.165) is 12.8 Å². The first-order valence-electron chi connectivity index (χ1n) is 7.20. The monoisotopic (exact) mass is 303 g/mol. The third-order valence-corrected chi connectivity index (χ3v) is 4.01. The molecule has 2 aliphatic heterocycles. The minimum atomic E-state index is -0.669. The molecular weight excluding hydrogens is 286 g/mol. The van der Waals surface area contributed by atoms with Crippen molar-refractivity contribution in [3.63, 3.8) is 0 Å². The van der Waals surface area contributed by atoms with Crippen molar-refractivity contribution in [3.05, 3.63) is 29.8 Å². The lowest BCUT2D eigenvalue weighted by molar-refractivity contribution is -0.147. The molecule has 2 unspecified atom stereocenters. The van der Waals surface area contributed by atoms with Crippen LogP contribution in [0.5, 0.6) is 5.75 Å². The summed E-state index contributed by atoms with van der Waals surface area (Å²) in [4.78, 5) is 36.9. The summed E-state index contributed by atoms with van der Waals surface area (Å²) in [5.74, 6) is -0.220. The second-order valence-electron chi connectivity index (χ2n) is 5.45. The minimum absolute atomic E-state index is 0.0592. The molecule has 1 aromatic carbocycles. The molecule has 7 heteroatoms. The van der Waals surface area contributed by atoms with Gasteiger partial charge in [-0.05, 0) is 37.1 Å². The molecule has 7 nitrogen and oxygen atoms in total. The molecule has 3 N–H and O–H groups in total. The van der Waals surface area contributed by atoms with Crippen LogP contribution < -0.4 is 15.8 Å². The number of fused-ring (bicyclic) bond motifs is 1. The van der Waals surface area contributed by atoms with E-state index in [2.05, 4.69) is 5.32 Å². The fourth-order valence-corrected chi connectivity index (χ4v) is 2.84. The zero-order valence-corrected chi connectivity index (χ0v) is 12.0. The van der Waals surface area contributed by atoms with Gasteiger partial charge in [-0.2, -0.15) is 0 Å². The Morgan fingerprint density at radius 3 is 2.73 bits per heavy atom. The zero-order valence-electron chi connectivity index (χ0n) is 12.0. The van der Waals surface area contributed by atoms with Gasteiger partial charge in [-0.25, -0.2) is 0 Å². The van der Waals surface area contributed by atoms with Crippen LogP contribution in [-0.4, -0.2) is 47.9 Å². The summed E-state index contributed by atoms with van der Waals surface area (Å²) < 4.78 is 5.53. The maximum atomic E-state index is 12.3. The fourth-order valence-electron chi connectivity index (χ4n) is 2.84. The van der Waals surface area contributed by atoms with E-state index in [4.69, 9.17) is 10.5 Å². The van der Waals surface area contributed by atoms with Crippen LogP contribution in [-0.2, 0) is 9.59 Å². The Morgan fingerprint density at radius 1 is 1.32 bits per heavy atom. The standard InChI is InChI=1S/C15H17N3O4/c16-13(19)9-3-5-10(6-4-9)22-8-11-15(21)18-7-1-2-12(18)14(20)17-11/h3-6,11-12H,1-2,7-8H2,(H2,16,19)(H,17,20). The van der Waals surface area contributed by atoms with Gasteiger partial charge >= 0.3 is 0 Å². The van der Waals surface area contributed by atoms with E-state index < -0.39 is 11.9 Å². The number of nitrogens with one attached hydrogen (secondary N) is 1. The predicted octanol–water partition coefficient (Wildman–Crippen LogP) is -0.346. The van der Waals surface area contributed by atoms with Crippen molar-refractivity contribution in [3.8, 4) is 5.75 Å². The van der Waals surface area contributed by atoms with E-state index in [-0.39, 0.29) is 24.5 Å². The summed E-state index contributed by atoms with van der Waals surface area (Å²) in [6.45, 7) is 0.685. The van der Waals surface area contributed by atoms with Crippen LogP contribution in [0.4, 0.5) is 0 Å². The smallest absolute Gasteiger partial charge is 0.249 e. The van der Waals surface area contributed by atoms with Gasteiger partial charge in [0.2, 0.25) is 17.7 Å². The molecule has 2 heterocycles. The lowest BCUT2D eigenvalue weighted by Crippen LogP contribution is -2.62. The Balaban J connectivity index is 1.62. The minimum Gasteiger partial charge on any atom is -0.491 e. The topological polar surface area (TPSA) is 102 Å². The van der Waals surface area contributed by atoms with Gasteiger partial charge in [-0.1, -0.05) is 0 Å². The number of hydrogen-bond donors (Lipinski definition) is 2. The molecule has 0 spiro atoms. The Kier molecular flexibility index (Phi) is 3.70. The molecule has 2 atom stereocenters. The average molecular weight is 303 g/mol. The summed E-state index contributed by atoms with van der Waals surface area (Å²) in [7, 11) is 0. The number of amides is 3. The average Bonchev–Trinajstić information content (AvgIpc) is 3.00. The van der Waals surface area contributed by atoms with Crippen LogP contribution in [0.1, 0.15) is 23.2 Å². The van der Waals surface area contributed by atoms with Crippen LogP contribution in [0.3, 0.4) is 0 Å². The van der Waals surface area contributed by atoms with Gasteiger partial charge in [-0.15, -0.1) is 0 Å². The Hall–Kier alpha value is -2.57. The number of benzene rings is 1. The molecule has 2 aliphatic rings. The Bertz CT molecular complexity index is 614. The first-order chi connectivity index (χ1) is 10.6. The number of carbonyl (C=O) groups is 3. The van der Waals surface area contributed by atoms with Gasteiger partial charge in [0, 0.05) is 12.1 Å². The number of nitrogens with two attached hydrogens (primary N) is 1. The van der Waals surface area contributed by atoms with E-state index in [9.17, 15) is 14.4 Å². The molecule has 3 amide bonds. The molecule has 0 aliphatic carbocycles. The highest BCUT2D eigenvalue weighted by atomic mass is 16.5. The molecule has 0 radical (unpaired) electrons. The highest BCUT2D eigenvalue weighted by Crippen LogP contribution is 2.22. The molecule has 0 aromatic heterocycles. The summed E-state index contributed by atoms with van der Waals surface area (Å²) in [6, 6.07) is 5.32. The van der Waals surface area contributed by atoms with Crippen LogP contribution in [0.15, 0.2) is 24.3 Å². The number of carbonyl (C=O) groups excluding carboxylic acids is 3. The summed E-state index contributed by atoms with van der Waals surface area (Å²) in [6.07, 6.45) is 1.58. The van der Waals surface area contributed by atoms with Crippen LogP contribution in [0.25, 0.3) is 0 Å². The number of primary amides is 1. The Labute approximate surface area is 127 Å². The highest BCUT2D eigenvalue weighted by molar-refractivity contribution is 5.97. The van der Waals surface area contributed by atoms with Crippen LogP contribution >= 0.6 is 0 Å². The van der Waals surface area contributed by atoms with Crippen molar-refractivity contribution in [2.24, 2.45) is 5.73 Å². The number of hydrogen-bond acceptors (Lipinski definition) is 4. The van der Waals surface area contributed by atoms with Gasteiger partial charge < -0.3 is 20.7 Å². The van der Waals surface area contributed by atoms with E-state index >= 15 is 0 Å². The number of piperazine rings is 1. The molecule has 22 heavy (non-hydrogen) atoms. The van der Waals surface area contributed by atoms with Gasteiger partial charge in [0.25, 0.3) is 0 Å². The van der Waals surface area contributed by atoms with Gasteiger partial charge in [0.05, 0.1) is 0 Å². The number of rotatable bonds is 4. The molecule has 2 saturated heterocycles. The highest BCUT2D eigenvalue weighted by Gasteiger charge is 2.43. The molecular formula is C15H17N3O4. The maximum Gasteiger partial charge on any atom is 0.249 e. The molecule has 0 saturated carbocycles. The summed E-state index contributed by atoms with van der Waals surface area (Å²) >= 11 is 0. The van der Waals surface area contributed by atoms with E-state index in [1.165, 1.54) is 0 Å². The third kappa shape index (κ3) is 2.61. The van der Waals surface area contributed by atoms with Gasteiger partial charge in [0.15, 0.2) is 0 Å². The van der Waals surface area contributed by atoms with Gasteiger partial charge in [-0.3, -0.25) is 14.4 Å². The number of nitrogens with zero attached hydrogens (tertiary/aromatic N) is 1. The first kappa shape index (κ1) is 14.4. The predicted molar refractivity (Wildman–Crippen MR) is 77.1 cm³/mol. The second-order valence-corrected chi connectivity index (χ2v) is 5.45. The van der Waals surface area contributed by atoms with Crippen LogP contribution in [0.2, 0.25) is 0 Å². The molecule has 0 bridgehead atoms. The van der Waals surface area contributed by atoms with Gasteiger partial charge in [0.1, 0.15) is 24.4 Å². The SMILES string of the molecule is NC(=O)c1ccc(OCC2NC(=O)C3CCCN3C2=O)cc1. The summed E-state index contributed by atoms with van der Waals surface area (Å²) in [5.41, 5.74) is 5.54. The van der Waals surface area contributed by atoms with Crippen molar-refractivity contribution in [1.29, 1.82) is 0 Å². The van der Waals surface area contributed by atoms with Crippen molar-refractivity contribution < 1.29 is 19.1 Å². The van der Waals surface area contributed by atoms with E-state index in [1.807, 2.05) is 0 Å². The van der Waals surface area contributed by atoms with Crippen LogP contribution in [0, 0.1) is 0 Å². The van der Waals surface area contributed by atoms with Crippen molar-refractivity contribution >= 4 is 17.7 Å². The third-order valence-electron chi connectivity index (χ3n) is 4.01. The van der Waals surface area contributed by atoms with Crippen molar-refractivity contribution in [1.82, 2.24) is 10.2 Å². The zero-order chi connectivity index (χ0) is 15.7. The molecule has 116 valence electrons. The van der Waals surface area contributed by atoms with Crippen molar-refractivity contribution in [2.45, 2.75) is 24.9 Å². The molecule has 3 rings (SSSR count). The normalized spacial score (nSPS) is 23.9. The van der Waals surface area contributed by atoms with Crippen molar-refractivity contribution in [2.75, 3.05) is 13.2 Å². The largest absolute Gasteiger partial charge is 0.491 e. The van der Waals surface area contributed by atoms with E-state index in [0.29, 0.717) is 17.9 Å². The first-order valence-corrected chi connectivity index (χ1v) is 7.20. The molecule has 1 aromatic rings. The molecule has 2 fully saturated rings. The summed E-state index contributed by atoms with van der Waals surface area (Å²) in [5, 5.41) is 2.71. The maximum absolute atomic E-state index is 12.3. The number of ether oxygens (including phenoxy) is 1. The lowest BCUT2D eigenvalue weighted by Gasteiger charge is -2.34. The van der Waals surface area contributed by atoms with E-state index in [1.54, 1.807) is 29.2 Å². The fraction of sp³-hybridized carbons (Fsp3) is 0.400.